The lowest BCUT2D eigenvalue weighted by molar-refractivity contribution is -0.123. The second-order valence-electron chi connectivity index (χ2n) is 6.50. The molecule has 1 aliphatic carbocycles. The number of amides is 1. The molecule has 108 valence electrons. The van der Waals surface area contributed by atoms with Gasteiger partial charge in [0.15, 0.2) is 0 Å². The molecule has 1 atom stereocenters. The maximum atomic E-state index is 12.2. The van der Waals surface area contributed by atoms with Crippen LogP contribution in [-0.4, -0.2) is 38.8 Å². The van der Waals surface area contributed by atoms with Gasteiger partial charge < -0.3 is 15.4 Å². The van der Waals surface area contributed by atoms with Crippen LogP contribution in [0.15, 0.2) is 0 Å². The summed E-state index contributed by atoms with van der Waals surface area (Å²) < 4.78 is 5.36. The third-order valence-electron chi connectivity index (χ3n) is 5.30. The number of carbonyl (C=O) groups is 1. The van der Waals surface area contributed by atoms with Crippen LogP contribution >= 0.6 is 0 Å². The molecule has 0 aromatic carbocycles. The molecule has 1 amide bonds. The van der Waals surface area contributed by atoms with Crippen LogP contribution in [-0.2, 0) is 9.53 Å². The van der Waals surface area contributed by atoms with E-state index in [0.717, 1.165) is 64.4 Å². The lowest BCUT2D eigenvalue weighted by Crippen LogP contribution is -2.34. The summed E-state index contributed by atoms with van der Waals surface area (Å²) in [4.78, 5) is 12.2. The Morgan fingerprint density at radius 1 is 1.26 bits per heavy atom. The Kier molecular flexibility index (Phi) is 4.08. The molecule has 3 fully saturated rings. The highest BCUT2D eigenvalue weighted by atomic mass is 16.5. The highest BCUT2D eigenvalue weighted by Crippen LogP contribution is 2.58. The molecule has 0 bridgehead atoms. The molecule has 3 rings (SSSR count). The van der Waals surface area contributed by atoms with Crippen LogP contribution < -0.4 is 10.6 Å². The highest BCUT2D eigenvalue weighted by molar-refractivity contribution is 5.82. The van der Waals surface area contributed by atoms with Crippen molar-refractivity contribution in [2.75, 3.05) is 32.8 Å². The smallest absolute Gasteiger partial charge is 0.223 e. The molecule has 4 heteroatoms. The van der Waals surface area contributed by atoms with Crippen LogP contribution in [0.3, 0.4) is 0 Å². The molecule has 1 saturated carbocycles. The molecule has 3 aliphatic rings. The van der Waals surface area contributed by atoms with Gasteiger partial charge >= 0.3 is 0 Å². The number of rotatable bonds is 4. The van der Waals surface area contributed by atoms with E-state index in [1.807, 2.05) is 0 Å². The van der Waals surface area contributed by atoms with E-state index in [2.05, 4.69) is 10.6 Å². The number of carbonyl (C=O) groups excluding carboxylic acids is 1. The van der Waals surface area contributed by atoms with Crippen LogP contribution in [0.2, 0.25) is 0 Å². The minimum atomic E-state index is 0.310. The SMILES string of the molecule is O=C(NCCC1CCOCC1)C1CC12CCNCC2. The van der Waals surface area contributed by atoms with Gasteiger partial charge in [-0.2, -0.15) is 0 Å². The first-order chi connectivity index (χ1) is 9.30. The lowest BCUT2D eigenvalue weighted by Gasteiger charge is -2.24. The Labute approximate surface area is 115 Å². The van der Waals surface area contributed by atoms with Gasteiger partial charge in [-0.05, 0) is 62.9 Å². The first-order valence-corrected chi connectivity index (χ1v) is 7.86. The quantitative estimate of drug-likeness (QED) is 0.806. The fraction of sp³-hybridized carbons (Fsp3) is 0.933. The average molecular weight is 266 g/mol. The van der Waals surface area contributed by atoms with E-state index in [1.54, 1.807) is 0 Å². The van der Waals surface area contributed by atoms with Crippen molar-refractivity contribution >= 4 is 5.91 Å². The molecule has 0 radical (unpaired) electrons. The summed E-state index contributed by atoms with van der Waals surface area (Å²) in [6, 6.07) is 0. The monoisotopic (exact) mass is 266 g/mol. The predicted octanol–water partition coefficient (Wildman–Crippen LogP) is 1.31. The number of hydrogen-bond donors (Lipinski definition) is 2. The van der Waals surface area contributed by atoms with Gasteiger partial charge in [-0.15, -0.1) is 0 Å². The fourth-order valence-corrected chi connectivity index (χ4v) is 3.75. The third kappa shape index (κ3) is 3.11. The van der Waals surface area contributed by atoms with Crippen LogP contribution in [0.4, 0.5) is 0 Å². The first kappa shape index (κ1) is 13.4. The van der Waals surface area contributed by atoms with Crippen molar-refractivity contribution in [1.82, 2.24) is 10.6 Å². The van der Waals surface area contributed by atoms with Crippen molar-refractivity contribution in [1.29, 1.82) is 0 Å². The van der Waals surface area contributed by atoms with E-state index in [1.165, 1.54) is 12.8 Å². The molecule has 4 nitrogen and oxygen atoms in total. The summed E-state index contributed by atoms with van der Waals surface area (Å²) in [7, 11) is 0. The average Bonchev–Trinajstić information content (AvgIpc) is 3.14. The predicted molar refractivity (Wildman–Crippen MR) is 73.8 cm³/mol. The van der Waals surface area contributed by atoms with Gasteiger partial charge in [0.05, 0.1) is 0 Å². The summed E-state index contributed by atoms with van der Waals surface area (Å²) in [6.07, 6.45) is 6.94. The van der Waals surface area contributed by atoms with Crippen molar-refractivity contribution in [3.05, 3.63) is 0 Å². The van der Waals surface area contributed by atoms with Crippen molar-refractivity contribution < 1.29 is 9.53 Å². The summed E-state index contributed by atoms with van der Waals surface area (Å²) in [5, 5.41) is 6.55. The minimum Gasteiger partial charge on any atom is -0.381 e. The van der Waals surface area contributed by atoms with E-state index in [9.17, 15) is 4.79 Å². The van der Waals surface area contributed by atoms with Crippen LogP contribution in [0.25, 0.3) is 0 Å². The maximum Gasteiger partial charge on any atom is 0.223 e. The third-order valence-corrected chi connectivity index (χ3v) is 5.30. The fourth-order valence-electron chi connectivity index (χ4n) is 3.75. The van der Waals surface area contributed by atoms with Gasteiger partial charge in [0.2, 0.25) is 5.91 Å². The molecule has 0 aromatic heterocycles. The lowest BCUT2D eigenvalue weighted by atomic mass is 9.91. The molecule has 2 heterocycles. The van der Waals surface area contributed by atoms with Crippen LogP contribution in [0, 0.1) is 17.3 Å². The zero-order chi connectivity index (χ0) is 13.1. The number of piperidine rings is 1. The van der Waals surface area contributed by atoms with E-state index in [-0.39, 0.29) is 0 Å². The Morgan fingerprint density at radius 3 is 2.74 bits per heavy atom. The van der Waals surface area contributed by atoms with E-state index in [0.29, 0.717) is 17.2 Å². The van der Waals surface area contributed by atoms with Crippen molar-refractivity contribution in [3.8, 4) is 0 Å². The van der Waals surface area contributed by atoms with Gasteiger partial charge in [-0.3, -0.25) is 4.79 Å². The Bertz CT molecular complexity index is 320. The topological polar surface area (TPSA) is 50.4 Å². The second kappa shape index (κ2) is 5.80. The standard InChI is InChI=1S/C15H26N2O2/c18-14(13-11-15(13)4-7-16-8-5-15)17-6-1-12-2-9-19-10-3-12/h12-13,16H,1-11H2,(H,17,18). The van der Waals surface area contributed by atoms with Crippen LogP contribution in [0.5, 0.6) is 0 Å². The molecular formula is C15H26N2O2. The Balaban J connectivity index is 1.35. The first-order valence-electron chi connectivity index (χ1n) is 7.86. The van der Waals surface area contributed by atoms with Gasteiger partial charge in [-0.25, -0.2) is 0 Å². The molecule has 1 spiro atoms. The zero-order valence-corrected chi connectivity index (χ0v) is 11.7. The summed E-state index contributed by atoms with van der Waals surface area (Å²) in [6.45, 7) is 4.83. The highest BCUT2D eigenvalue weighted by Gasteiger charge is 2.57. The number of hydrogen-bond acceptors (Lipinski definition) is 3. The van der Waals surface area contributed by atoms with E-state index < -0.39 is 0 Å². The minimum absolute atomic E-state index is 0.310. The summed E-state index contributed by atoms with van der Waals surface area (Å²) >= 11 is 0. The normalized spacial score (nSPS) is 30.2. The summed E-state index contributed by atoms with van der Waals surface area (Å²) in [5.41, 5.74) is 0.369. The van der Waals surface area contributed by atoms with E-state index in [4.69, 9.17) is 4.74 Å². The number of ether oxygens (including phenoxy) is 1. The van der Waals surface area contributed by atoms with Gasteiger partial charge in [0.1, 0.15) is 0 Å². The second-order valence-corrected chi connectivity index (χ2v) is 6.50. The Morgan fingerprint density at radius 2 is 2.00 bits per heavy atom. The zero-order valence-electron chi connectivity index (χ0n) is 11.7. The molecule has 2 N–H and O–H groups in total. The van der Waals surface area contributed by atoms with Gasteiger partial charge in [0, 0.05) is 25.7 Å². The molecule has 2 aliphatic heterocycles. The summed E-state index contributed by atoms with van der Waals surface area (Å²) in [5.74, 6) is 1.37. The van der Waals surface area contributed by atoms with Gasteiger partial charge in [-0.1, -0.05) is 0 Å². The largest absolute Gasteiger partial charge is 0.381 e. The molecular weight excluding hydrogens is 240 g/mol. The maximum absolute atomic E-state index is 12.2. The van der Waals surface area contributed by atoms with Crippen molar-refractivity contribution in [2.24, 2.45) is 17.3 Å². The Hall–Kier alpha value is -0.610. The molecule has 0 aromatic rings. The van der Waals surface area contributed by atoms with Crippen LogP contribution in [0.1, 0.15) is 38.5 Å². The molecule has 1 unspecified atom stereocenters. The molecule has 19 heavy (non-hydrogen) atoms. The van der Waals surface area contributed by atoms with Gasteiger partial charge in [0.25, 0.3) is 0 Å². The molecule has 2 saturated heterocycles. The van der Waals surface area contributed by atoms with E-state index >= 15 is 0 Å². The van der Waals surface area contributed by atoms with Crippen molar-refractivity contribution in [3.63, 3.8) is 0 Å². The van der Waals surface area contributed by atoms with Crippen molar-refractivity contribution in [2.45, 2.75) is 38.5 Å². The number of nitrogens with one attached hydrogen (secondary N) is 2.